The number of anilines is 1. The van der Waals surface area contributed by atoms with Crippen molar-refractivity contribution in [3.63, 3.8) is 0 Å². The molecule has 6 heteroatoms. The van der Waals surface area contributed by atoms with Gasteiger partial charge in [0.25, 0.3) is 5.91 Å². The van der Waals surface area contributed by atoms with Crippen LogP contribution >= 0.6 is 11.3 Å². The van der Waals surface area contributed by atoms with Crippen LogP contribution in [0.3, 0.4) is 0 Å². The lowest BCUT2D eigenvalue weighted by atomic mass is 10.1. The van der Waals surface area contributed by atoms with Crippen molar-refractivity contribution in [2.24, 2.45) is 5.92 Å². The van der Waals surface area contributed by atoms with Crippen LogP contribution in [0.2, 0.25) is 0 Å². The Kier molecular flexibility index (Phi) is 6.51. The van der Waals surface area contributed by atoms with Gasteiger partial charge in [-0.1, -0.05) is 19.8 Å². The molecule has 1 heterocycles. The molecule has 1 N–H and O–H groups in total. The van der Waals surface area contributed by atoms with Gasteiger partial charge in [-0.25, -0.2) is 4.98 Å². The van der Waals surface area contributed by atoms with E-state index in [4.69, 9.17) is 11.2 Å². The van der Waals surface area contributed by atoms with E-state index in [0.29, 0.717) is 45.1 Å². The van der Waals surface area contributed by atoms with E-state index >= 15 is 0 Å². The molecule has 2 aromatic carbocycles. The number of carbonyl (C=O) groups is 1. The average Bonchev–Trinajstić information content (AvgIpc) is 3.14. The van der Waals surface area contributed by atoms with E-state index < -0.39 is 0 Å². The van der Waals surface area contributed by atoms with Gasteiger partial charge in [0.05, 0.1) is 17.9 Å². The van der Waals surface area contributed by atoms with Crippen molar-refractivity contribution in [1.29, 1.82) is 5.26 Å². The smallest absolute Gasteiger partial charge is 0.267 e. The summed E-state index contributed by atoms with van der Waals surface area (Å²) in [6.07, 6.45) is 5.36. The Labute approximate surface area is 180 Å². The summed E-state index contributed by atoms with van der Waals surface area (Å²) >= 11 is 1.29. The molecule has 0 bridgehead atoms. The number of aryl methyl sites for hydroxylation is 1. The molecule has 3 aromatic rings. The SMILES string of the molecule is C#Cc1ccc(NC(=O)c2sc(-c3ccc(OCC(C)C)c(C#N)c3)nc2C)cc1. The zero-order valence-corrected chi connectivity index (χ0v) is 17.8. The van der Waals surface area contributed by atoms with Crippen LogP contribution in [0.25, 0.3) is 10.6 Å². The van der Waals surface area contributed by atoms with Crippen molar-refractivity contribution in [2.45, 2.75) is 20.8 Å². The molecule has 5 nitrogen and oxygen atoms in total. The van der Waals surface area contributed by atoms with Crippen molar-refractivity contribution >= 4 is 22.9 Å². The first-order valence-electron chi connectivity index (χ1n) is 9.44. The van der Waals surface area contributed by atoms with Gasteiger partial charge in [-0.15, -0.1) is 17.8 Å². The molecule has 0 aliphatic carbocycles. The van der Waals surface area contributed by atoms with Crippen LogP contribution in [0.15, 0.2) is 42.5 Å². The predicted molar refractivity (Wildman–Crippen MR) is 120 cm³/mol. The summed E-state index contributed by atoms with van der Waals surface area (Å²) in [5.74, 6) is 3.22. The zero-order valence-electron chi connectivity index (χ0n) is 17.0. The maximum absolute atomic E-state index is 12.7. The number of benzene rings is 2. The Balaban J connectivity index is 1.82. The number of terminal acetylenes is 1. The fourth-order valence-corrected chi connectivity index (χ4v) is 3.66. The molecular weight excluding hydrogens is 394 g/mol. The lowest BCUT2D eigenvalue weighted by molar-refractivity contribution is 0.103. The van der Waals surface area contributed by atoms with E-state index in [0.717, 1.165) is 11.1 Å². The molecule has 1 aromatic heterocycles. The Morgan fingerprint density at radius 1 is 1.27 bits per heavy atom. The van der Waals surface area contributed by atoms with Crippen molar-refractivity contribution in [2.75, 3.05) is 11.9 Å². The molecule has 3 rings (SSSR count). The average molecular weight is 416 g/mol. The third-order valence-corrected chi connectivity index (χ3v) is 5.44. The summed E-state index contributed by atoms with van der Waals surface area (Å²) in [7, 11) is 0. The summed E-state index contributed by atoms with van der Waals surface area (Å²) in [6.45, 7) is 6.43. The Morgan fingerprint density at radius 2 is 2.00 bits per heavy atom. The normalized spacial score (nSPS) is 10.3. The molecule has 0 saturated carbocycles. The van der Waals surface area contributed by atoms with E-state index in [9.17, 15) is 10.1 Å². The third kappa shape index (κ3) is 4.86. The number of nitrogens with zero attached hydrogens (tertiary/aromatic N) is 2. The maximum atomic E-state index is 12.7. The number of thiazole rings is 1. The van der Waals surface area contributed by atoms with E-state index in [1.165, 1.54) is 11.3 Å². The fourth-order valence-electron chi connectivity index (χ4n) is 2.70. The molecule has 0 saturated heterocycles. The zero-order chi connectivity index (χ0) is 21.7. The van der Waals surface area contributed by atoms with Crippen LogP contribution in [0, 0.1) is 36.5 Å². The van der Waals surface area contributed by atoms with Crippen molar-refractivity contribution in [3.8, 4) is 34.7 Å². The minimum absolute atomic E-state index is 0.234. The van der Waals surface area contributed by atoms with Gasteiger partial charge in [0.1, 0.15) is 21.7 Å². The molecule has 0 unspecified atom stereocenters. The summed E-state index contributed by atoms with van der Waals surface area (Å²) in [5.41, 5.74) is 3.26. The van der Waals surface area contributed by atoms with E-state index in [1.807, 2.05) is 6.07 Å². The Bertz CT molecular complexity index is 1150. The van der Waals surface area contributed by atoms with Gasteiger partial charge >= 0.3 is 0 Å². The number of rotatable bonds is 6. The number of carbonyl (C=O) groups excluding carboxylic acids is 1. The highest BCUT2D eigenvalue weighted by Gasteiger charge is 2.17. The van der Waals surface area contributed by atoms with Crippen LogP contribution in [-0.4, -0.2) is 17.5 Å². The minimum atomic E-state index is -0.234. The molecule has 0 aliphatic heterocycles. The number of aromatic nitrogens is 1. The van der Waals surface area contributed by atoms with Crippen LogP contribution in [-0.2, 0) is 0 Å². The van der Waals surface area contributed by atoms with Gasteiger partial charge < -0.3 is 10.1 Å². The van der Waals surface area contributed by atoms with Gasteiger partial charge in [0.2, 0.25) is 0 Å². The lowest BCUT2D eigenvalue weighted by Crippen LogP contribution is -2.11. The minimum Gasteiger partial charge on any atom is -0.492 e. The molecule has 0 aliphatic rings. The van der Waals surface area contributed by atoms with Crippen LogP contribution in [0.1, 0.15) is 40.3 Å². The molecule has 150 valence electrons. The number of ether oxygens (including phenoxy) is 1. The van der Waals surface area contributed by atoms with Gasteiger partial charge in [-0.3, -0.25) is 4.79 Å². The first kappa shape index (κ1) is 21.1. The molecule has 1 amide bonds. The van der Waals surface area contributed by atoms with E-state index in [2.05, 4.69) is 36.1 Å². The van der Waals surface area contributed by atoms with Crippen LogP contribution < -0.4 is 10.1 Å². The first-order valence-corrected chi connectivity index (χ1v) is 10.3. The summed E-state index contributed by atoms with van der Waals surface area (Å²) in [5, 5.41) is 13.0. The van der Waals surface area contributed by atoms with Crippen molar-refractivity contribution < 1.29 is 9.53 Å². The lowest BCUT2D eigenvalue weighted by Gasteiger charge is -2.10. The molecule has 0 spiro atoms. The summed E-state index contributed by atoms with van der Waals surface area (Å²) < 4.78 is 5.71. The fraction of sp³-hybridized carbons (Fsp3) is 0.208. The number of nitrogens with one attached hydrogen (secondary N) is 1. The summed E-state index contributed by atoms with van der Waals surface area (Å²) in [4.78, 5) is 17.8. The van der Waals surface area contributed by atoms with Crippen molar-refractivity contribution in [1.82, 2.24) is 4.98 Å². The molecule has 0 atom stereocenters. The van der Waals surface area contributed by atoms with Gasteiger partial charge in [0.15, 0.2) is 0 Å². The maximum Gasteiger partial charge on any atom is 0.267 e. The van der Waals surface area contributed by atoms with Gasteiger partial charge in [-0.05, 0) is 55.3 Å². The third-order valence-electron chi connectivity index (χ3n) is 4.23. The molecule has 0 radical (unpaired) electrons. The Hall–Kier alpha value is -3.61. The molecular formula is C24H21N3O2S. The first-order chi connectivity index (χ1) is 14.4. The number of hydrogen-bond acceptors (Lipinski definition) is 5. The molecule has 30 heavy (non-hydrogen) atoms. The number of nitriles is 1. The van der Waals surface area contributed by atoms with E-state index in [-0.39, 0.29) is 5.91 Å². The quantitative estimate of drug-likeness (QED) is 0.557. The second-order valence-corrected chi connectivity index (χ2v) is 8.14. The van der Waals surface area contributed by atoms with Crippen LogP contribution in [0.4, 0.5) is 5.69 Å². The Morgan fingerprint density at radius 3 is 2.63 bits per heavy atom. The van der Waals surface area contributed by atoms with Gasteiger partial charge in [-0.2, -0.15) is 5.26 Å². The van der Waals surface area contributed by atoms with Crippen LogP contribution in [0.5, 0.6) is 5.75 Å². The monoisotopic (exact) mass is 415 g/mol. The predicted octanol–water partition coefficient (Wildman–Crippen LogP) is 5.26. The molecule has 0 fully saturated rings. The second-order valence-electron chi connectivity index (χ2n) is 7.14. The largest absolute Gasteiger partial charge is 0.492 e. The standard InChI is InChI=1S/C24H21N3O2S/c1-5-17-6-9-20(10-7-17)27-23(28)22-16(4)26-24(30-22)18-8-11-21(19(12-18)13-25)29-14-15(2)3/h1,6-12,15H,14H2,2-4H3,(H,27,28). The number of hydrogen-bond donors (Lipinski definition) is 1. The second kappa shape index (κ2) is 9.26. The topological polar surface area (TPSA) is 75.0 Å². The summed E-state index contributed by atoms with van der Waals surface area (Å²) in [6, 6.07) is 14.6. The highest BCUT2D eigenvalue weighted by Crippen LogP contribution is 2.31. The van der Waals surface area contributed by atoms with E-state index in [1.54, 1.807) is 43.3 Å². The highest BCUT2D eigenvalue weighted by molar-refractivity contribution is 7.17. The number of amides is 1. The van der Waals surface area contributed by atoms with Gasteiger partial charge in [0, 0.05) is 16.8 Å². The highest BCUT2D eigenvalue weighted by atomic mass is 32.1. The van der Waals surface area contributed by atoms with Crippen molar-refractivity contribution in [3.05, 3.63) is 64.2 Å².